The minimum Gasteiger partial charge on any atom is -0.385 e. The molecule has 6 nitrogen and oxygen atoms in total. The number of benzene rings is 2. The van der Waals surface area contributed by atoms with Gasteiger partial charge in [0, 0.05) is 47.6 Å². The van der Waals surface area contributed by atoms with Crippen LogP contribution in [0, 0.1) is 6.92 Å². The number of hydrogen-bond acceptors (Lipinski definition) is 4. The maximum Gasteiger partial charge on any atom is 0.274 e. The van der Waals surface area contributed by atoms with Gasteiger partial charge in [-0.3, -0.25) is 19.3 Å². The molecule has 1 aliphatic carbocycles. The van der Waals surface area contributed by atoms with Gasteiger partial charge in [-0.15, -0.1) is 0 Å². The van der Waals surface area contributed by atoms with Crippen molar-refractivity contribution in [3.63, 3.8) is 0 Å². The number of aromatic nitrogens is 1. The molecule has 1 amide bonds. The van der Waals surface area contributed by atoms with Crippen LogP contribution in [0.25, 0.3) is 0 Å². The number of nitrogens with zero attached hydrogens (tertiary/aromatic N) is 3. The molecule has 3 aromatic rings. The van der Waals surface area contributed by atoms with E-state index in [1.165, 1.54) is 0 Å². The SMILES string of the molecule is COCCCC1N(C(C)C)C(=O)c2c(C)c(=O)ccn2N1C1c2ccc(Cl)cc2CCc2cc(Cl)ccc21. The lowest BCUT2D eigenvalue weighted by Gasteiger charge is -2.52. The third kappa shape index (κ3) is 4.63. The molecule has 1 aromatic heterocycles. The van der Waals surface area contributed by atoms with Crippen LogP contribution in [0.5, 0.6) is 0 Å². The van der Waals surface area contributed by atoms with Crippen LogP contribution in [0.15, 0.2) is 53.5 Å². The van der Waals surface area contributed by atoms with Crippen LogP contribution in [-0.4, -0.2) is 41.4 Å². The lowest BCUT2D eigenvalue weighted by atomic mass is 9.92. The van der Waals surface area contributed by atoms with Gasteiger partial charge >= 0.3 is 0 Å². The van der Waals surface area contributed by atoms with E-state index in [-0.39, 0.29) is 29.6 Å². The molecule has 1 atom stereocenters. The van der Waals surface area contributed by atoms with Crippen molar-refractivity contribution in [2.45, 2.75) is 64.7 Å². The Morgan fingerprint density at radius 1 is 0.974 bits per heavy atom. The predicted molar refractivity (Wildman–Crippen MR) is 152 cm³/mol. The van der Waals surface area contributed by atoms with Gasteiger partial charge in [0.05, 0.1) is 6.04 Å². The number of carbonyl (C=O) groups is 1. The summed E-state index contributed by atoms with van der Waals surface area (Å²) in [4.78, 5) is 28.7. The van der Waals surface area contributed by atoms with E-state index in [1.54, 1.807) is 26.3 Å². The van der Waals surface area contributed by atoms with E-state index < -0.39 is 0 Å². The van der Waals surface area contributed by atoms with Crippen LogP contribution in [0.3, 0.4) is 0 Å². The van der Waals surface area contributed by atoms with E-state index in [2.05, 4.69) is 17.1 Å². The Bertz CT molecular complexity index is 1380. The average molecular weight is 555 g/mol. The molecule has 1 unspecified atom stereocenters. The Morgan fingerprint density at radius 3 is 2.13 bits per heavy atom. The minimum atomic E-state index is -0.276. The highest BCUT2D eigenvalue weighted by Crippen LogP contribution is 2.41. The number of halogens is 2. The fraction of sp³-hybridized carbons (Fsp3) is 0.400. The molecule has 2 aliphatic rings. The molecule has 200 valence electrons. The molecule has 0 bridgehead atoms. The van der Waals surface area contributed by atoms with Crippen LogP contribution >= 0.6 is 23.2 Å². The summed E-state index contributed by atoms with van der Waals surface area (Å²) in [5, 5.41) is 3.67. The van der Waals surface area contributed by atoms with Gasteiger partial charge in [-0.25, -0.2) is 0 Å². The first kappa shape index (κ1) is 26.8. The Kier molecular flexibility index (Phi) is 7.58. The number of fused-ring (bicyclic) bond motifs is 3. The van der Waals surface area contributed by atoms with Gasteiger partial charge in [-0.2, -0.15) is 0 Å². The topological polar surface area (TPSA) is 54.8 Å². The first-order valence-electron chi connectivity index (χ1n) is 13.1. The highest BCUT2D eigenvalue weighted by molar-refractivity contribution is 6.31. The van der Waals surface area contributed by atoms with Gasteiger partial charge in [0.15, 0.2) is 5.43 Å². The molecule has 0 N–H and O–H groups in total. The zero-order valence-corrected chi connectivity index (χ0v) is 23.7. The number of aryl methyl sites for hydroxylation is 2. The fourth-order valence-electron chi connectivity index (χ4n) is 6.00. The molecule has 0 spiro atoms. The quantitative estimate of drug-likeness (QED) is 0.356. The van der Waals surface area contributed by atoms with Gasteiger partial charge in [0.2, 0.25) is 0 Å². The molecule has 2 aromatic carbocycles. The maximum absolute atomic E-state index is 14.0. The predicted octanol–water partition coefficient (Wildman–Crippen LogP) is 5.91. The fourth-order valence-corrected chi connectivity index (χ4v) is 6.39. The lowest BCUT2D eigenvalue weighted by Crippen LogP contribution is -2.64. The average Bonchev–Trinajstić information content (AvgIpc) is 3.02. The molecule has 1 aliphatic heterocycles. The first-order chi connectivity index (χ1) is 18.2. The zero-order valence-electron chi connectivity index (χ0n) is 22.2. The number of pyridine rings is 1. The third-order valence-corrected chi connectivity index (χ3v) is 8.20. The van der Waals surface area contributed by atoms with Crippen LogP contribution < -0.4 is 10.4 Å². The van der Waals surface area contributed by atoms with E-state index in [9.17, 15) is 9.59 Å². The minimum absolute atomic E-state index is 0.0823. The Hall–Kier alpha value is -2.80. The van der Waals surface area contributed by atoms with Gasteiger partial charge in [0.25, 0.3) is 5.91 Å². The summed E-state index contributed by atoms with van der Waals surface area (Å²) in [6.07, 6.45) is 4.60. The second kappa shape index (κ2) is 10.8. The standard InChI is InChI=1S/C30H33Cl2N3O3/c1-18(2)34-27(6-5-15-38-4)35(33-14-13-26(36)19(3)28(33)30(34)37)29-24-11-9-22(31)16-20(24)7-8-21-17-23(32)10-12-25(21)29/h9-14,16-18,27,29H,5-8,15H2,1-4H3. The normalized spacial score (nSPS) is 17.3. The van der Waals surface area contributed by atoms with Crippen molar-refractivity contribution < 1.29 is 9.53 Å². The summed E-state index contributed by atoms with van der Waals surface area (Å²) >= 11 is 12.9. The number of methoxy groups -OCH3 is 1. The molecular formula is C30H33Cl2N3O3. The van der Waals surface area contributed by atoms with E-state index in [0.717, 1.165) is 41.5 Å². The van der Waals surface area contributed by atoms with Crippen LogP contribution in [0.2, 0.25) is 10.0 Å². The number of carbonyl (C=O) groups excluding carboxylic acids is 1. The number of ether oxygens (including phenoxy) is 1. The molecule has 0 saturated carbocycles. The molecule has 0 radical (unpaired) electrons. The van der Waals surface area contributed by atoms with Crippen molar-refractivity contribution in [3.8, 4) is 0 Å². The highest BCUT2D eigenvalue weighted by atomic mass is 35.5. The molecular weight excluding hydrogens is 521 g/mol. The second-order valence-electron chi connectivity index (χ2n) is 10.4. The third-order valence-electron chi connectivity index (χ3n) is 7.73. The van der Waals surface area contributed by atoms with Crippen LogP contribution in [-0.2, 0) is 17.6 Å². The number of amides is 1. The smallest absolute Gasteiger partial charge is 0.274 e. The van der Waals surface area contributed by atoms with Crippen molar-refractivity contribution in [1.29, 1.82) is 0 Å². The largest absolute Gasteiger partial charge is 0.385 e. The molecule has 2 heterocycles. The van der Waals surface area contributed by atoms with Gasteiger partial charge < -0.3 is 9.64 Å². The van der Waals surface area contributed by atoms with Crippen molar-refractivity contribution in [3.05, 3.63) is 102 Å². The summed E-state index contributed by atoms with van der Waals surface area (Å²) in [5.74, 6) is -0.129. The molecule has 0 saturated heterocycles. The Balaban J connectivity index is 1.83. The van der Waals surface area contributed by atoms with Gasteiger partial charge in [-0.05, 0) is 93.0 Å². The number of hydrogen-bond donors (Lipinski definition) is 0. The zero-order chi connectivity index (χ0) is 27.1. The summed E-state index contributed by atoms with van der Waals surface area (Å²) < 4.78 is 7.32. The van der Waals surface area contributed by atoms with Gasteiger partial charge in [0.1, 0.15) is 11.9 Å². The summed E-state index contributed by atoms with van der Waals surface area (Å²) in [6, 6.07) is 13.4. The summed E-state index contributed by atoms with van der Waals surface area (Å²) in [6.45, 7) is 6.38. The maximum atomic E-state index is 14.0. The van der Waals surface area contributed by atoms with Gasteiger partial charge in [-0.1, -0.05) is 35.3 Å². The monoisotopic (exact) mass is 553 g/mol. The number of rotatable bonds is 6. The molecule has 5 rings (SSSR count). The Morgan fingerprint density at radius 2 is 1.58 bits per heavy atom. The van der Waals surface area contributed by atoms with E-state index in [0.29, 0.717) is 34.3 Å². The van der Waals surface area contributed by atoms with E-state index in [1.807, 2.05) is 47.7 Å². The molecule has 38 heavy (non-hydrogen) atoms. The summed E-state index contributed by atoms with van der Waals surface area (Å²) in [7, 11) is 1.69. The van der Waals surface area contributed by atoms with Crippen molar-refractivity contribution in [2.24, 2.45) is 0 Å². The lowest BCUT2D eigenvalue weighted by molar-refractivity contribution is 0.0433. The van der Waals surface area contributed by atoms with Crippen molar-refractivity contribution in [1.82, 2.24) is 9.58 Å². The molecule has 0 fully saturated rings. The first-order valence-corrected chi connectivity index (χ1v) is 13.9. The van der Waals surface area contributed by atoms with Crippen molar-refractivity contribution in [2.75, 3.05) is 18.7 Å². The van der Waals surface area contributed by atoms with E-state index >= 15 is 0 Å². The Labute approximate surface area is 233 Å². The van der Waals surface area contributed by atoms with Crippen molar-refractivity contribution >= 4 is 29.1 Å². The van der Waals surface area contributed by atoms with Crippen LogP contribution in [0.4, 0.5) is 0 Å². The van der Waals surface area contributed by atoms with E-state index in [4.69, 9.17) is 27.9 Å². The highest BCUT2D eigenvalue weighted by Gasteiger charge is 2.44. The second-order valence-corrected chi connectivity index (χ2v) is 11.3. The summed E-state index contributed by atoms with van der Waals surface area (Å²) in [5.41, 5.74) is 5.30. The molecule has 8 heteroatoms. The van der Waals surface area contributed by atoms with Crippen LogP contribution in [0.1, 0.15) is 71.0 Å².